The molecule has 0 aliphatic rings. The Labute approximate surface area is 208 Å². The summed E-state index contributed by atoms with van der Waals surface area (Å²) in [6.45, 7) is 2.38. The molecule has 9 nitrogen and oxygen atoms in total. The Morgan fingerprint density at radius 3 is 2.82 bits per heavy atom. The Kier molecular flexibility index (Phi) is 8.55. The summed E-state index contributed by atoms with van der Waals surface area (Å²) < 4.78 is 12.4. The topological polar surface area (TPSA) is 116 Å². The number of halogens is 2. The van der Waals surface area contributed by atoms with Crippen LogP contribution in [0.25, 0.3) is 0 Å². The number of hydrogen-bond donors (Lipinski definition) is 1. The van der Waals surface area contributed by atoms with E-state index >= 15 is 0 Å². The molecule has 1 N–H and O–H groups in total. The third kappa shape index (κ3) is 6.62. The number of benzene rings is 2. The molecule has 3 rings (SSSR count). The number of carbonyl (C=O) groups excluding carboxylic acids is 1. The van der Waals surface area contributed by atoms with Gasteiger partial charge in [-0.25, -0.2) is 10.4 Å². The number of hydrogen-bond acceptors (Lipinski definition) is 7. The lowest BCUT2D eigenvalue weighted by Gasteiger charge is -2.14. The third-order valence-corrected chi connectivity index (χ3v) is 5.32. The molecule has 170 valence electrons. The van der Waals surface area contributed by atoms with Crippen molar-refractivity contribution in [1.82, 2.24) is 10.4 Å². The fraction of sp³-hybridized carbons (Fsp3) is 0.136. The Morgan fingerprint density at radius 2 is 2.09 bits per heavy atom. The Balaban J connectivity index is 1.74. The fourth-order valence-corrected chi connectivity index (χ4v) is 3.75. The highest BCUT2D eigenvalue weighted by Gasteiger charge is 2.14. The van der Waals surface area contributed by atoms with Crippen molar-refractivity contribution < 1.29 is 19.2 Å². The van der Waals surface area contributed by atoms with Crippen molar-refractivity contribution in [3.63, 3.8) is 0 Å². The zero-order valence-electron chi connectivity index (χ0n) is 17.3. The first-order valence-corrected chi connectivity index (χ1v) is 11.1. The van der Waals surface area contributed by atoms with Crippen LogP contribution in [-0.2, 0) is 6.61 Å². The SMILES string of the molecule is CCOc1cc(C=NNC(=O)c2cccnc2Cl)cc(I)c1OCc1cccc([N+](=O)[O-])c1. The number of nitrogens with zero attached hydrogens (tertiary/aromatic N) is 3. The second-order valence-electron chi connectivity index (χ2n) is 6.52. The predicted molar refractivity (Wildman–Crippen MR) is 132 cm³/mol. The van der Waals surface area contributed by atoms with Gasteiger partial charge in [0.15, 0.2) is 11.5 Å². The summed E-state index contributed by atoms with van der Waals surface area (Å²) >= 11 is 8.02. The minimum Gasteiger partial charge on any atom is -0.490 e. The number of ether oxygens (including phenoxy) is 2. The van der Waals surface area contributed by atoms with E-state index in [0.717, 1.165) is 3.57 Å². The normalized spacial score (nSPS) is 10.8. The fourth-order valence-electron chi connectivity index (χ4n) is 2.76. The summed E-state index contributed by atoms with van der Waals surface area (Å²) in [7, 11) is 0. The van der Waals surface area contributed by atoms with Crippen molar-refractivity contribution in [2.45, 2.75) is 13.5 Å². The van der Waals surface area contributed by atoms with Crippen molar-refractivity contribution in [3.8, 4) is 11.5 Å². The van der Waals surface area contributed by atoms with Gasteiger partial charge in [0.2, 0.25) is 0 Å². The van der Waals surface area contributed by atoms with Gasteiger partial charge in [0.25, 0.3) is 11.6 Å². The molecule has 0 saturated carbocycles. The molecule has 1 aromatic heterocycles. The first-order valence-electron chi connectivity index (χ1n) is 9.65. The van der Waals surface area contributed by atoms with Gasteiger partial charge >= 0.3 is 0 Å². The number of aromatic nitrogens is 1. The molecule has 0 bridgehead atoms. The average Bonchev–Trinajstić information content (AvgIpc) is 2.79. The third-order valence-electron chi connectivity index (χ3n) is 4.22. The largest absolute Gasteiger partial charge is 0.490 e. The molecule has 0 atom stereocenters. The van der Waals surface area contributed by atoms with E-state index in [9.17, 15) is 14.9 Å². The van der Waals surface area contributed by atoms with Gasteiger partial charge in [-0.15, -0.1) is 0 Å². The number of rotatable bonds is 9. The van der Waals surface area contributed by atoms with Gasteiger partial charge in [-0.1, -0.05) is 23.7 Å². The molecule has 0 spiro atoms. The van der Waals surface area contributed by atoms with Crippen LogP contribution in [-0.4, -0.2) is 28.6 Å². The highest BCUT2D eigenvalue weighted by molar-refractivity contribution is 14.1. The molecule has 1 heterocycles. The van der Waals surface area contributed by atoms with Crippen molar-refractivity contribution in [2.75, 3.05) is 6.61 Å². The molecule has 0 fully saturated rings. The summed E-state index contributed by atoms with van der Waals surface area (Å²) in [4.78, 5) is 26.6. The second-order valence-corrected chi connectivity index (χ2v) is 8.04. The minimum absolute atomic E-state index is 0.00277. The van der Waals surface area contributed by atoms with E-state index in [-0.39, 0.29) is 23.0 Å². The predicted octanol–water partition coefficient (Wildman–Crippen LogP) is 4.99. The van der Waals surface area contributed by atoms with Crippen molar-refractivity contribution in [3.05, 3.63) is 90.3 Å². The van der Waals surface area contributed by atoms with Crippen LogP contribution >= 0.6 is 34.2 Å². The van der Waals surface area contributed by atoms with Crippen LogP contribution in [0.2, 0.25) is 5.15 Å². The average molecular weight is 581 g/mol. The molecule has 0 unspecified atom stereocenters. The lowest BCUT2D eigenvalue weighted by atomic mass is 10.2. The van der Waals surface area contributed by atoms with Crippen molar-refractivity contribution >= 4 is 52.0 Å². The van der Waals surface area contributed by atoms with Crippen LogP contribution in [0.4, 0.5) is 5.69 Å². The zero-order chi connectivity index (χ0) is 23.8. The van der Waals surface area contributed by atoms with Gasteiger partial charge in [-0.2, -0.15) is 5.10 Å². The van der Waals surface area contributed by atoms with E-state index in [1.165, 1.54) is 24.5 Å². The number of nitrogens with one attached hydrogen (secondary N) is 1. The number of amides is 1. The van der Waals surface area contributed by atoms with Crippen molar-refractivity contribution in [2.24, 2.45) is 5.10 Å². The maximum atomic E-state index is 12.2. The number of non-ortho nitro benzene ring substituents is 1. The maximum absolute atomic E-state index is 12.2. The molecule has 11 heteroatoms. The second kappa shape index (κ2) is 11.6. The highest BCUT2D eigenvalue weighted by Crippen LogP contribution is 2.34. The first kappa shape index (κ1) is 24.4. The maximum Gasteiger partial charge on any atom is 0.274 e. The van der Waals surface area contributed by atoms with Crippen LogP contribution in [0, 0.1) is 13.7 Å². The molecule has 1 amide bonds. The van der Waals surface area contributed by atoms with Crippen LogP contribution in [0.3, 0.4) is 0 Å². The van der Waals surface area contributed by atoms with Crippen LogP contribution in [0.1, 0.15) is 28.4 Å². The smallest absolute Gasteiger partial charge is 0.274 e. The van der Waals surface area contributed by atoms with Crippen LogP contribution in [0.15, 0.2) is 59.8 Å². The summed E-state index contributed by atoms with van der Waals surface area (Å²) in [6.07, 6.45) is 2.96. The molecular weight excluding hydrogens is 563 g/mol. The number of nitro groups is 1. The van der Waals surface area contributed by atoms with E-state index in [0.29, 0.717) is 29.2 Å². The summed E-state index contributed by atoms with van der Waals surface area (Å²) in [5.41, 5.74) is 3.95. The summed E-state index contributed by atoms with van der Waals surface area (Å²) in [6, 6.07) is 12.9. The molecule has 0 aliphatic heterocycles. The van der Waals surface area contributed by atoms with Gasteiger partial charge < -0.3 is 9.47 Å². The van der Waals surface area contributed by atoms with Gasteiger partial charge in [0.05, 0.1) is 26.9 Å². The lowest BCUT2D eigenvalue weighted by Crippen LogP contribution is -2.18. The Bertz CT molecular complexity index is 1210. The van der Waals surface area contributed by atoms with Gasteiger partial charge in [0, 0.05) is 18.3 Å². The monoisotopic (exact) mass is 580 g/mol. The molecule has 0 saturated heterocycles. The first-order chi connectivity index (χ1) is 15.9. The van der Waals surface area contributed by atoms with E-state index < -0.39 is 10.8 Å². The Morgan fingerprint density at radius 1 is 1.27 bits per heavy atom. The molecule has 33 heavy (non-hydrogen) atoms. The minimum atomic E-state index is -0.485. The number of carbonyl (C=O) groups is 1. The summed E-state index contributed by atoms with van der Waals surface area (Å²) in [5.74, 6) is 0.506. The standard InChI is InChI=1S/C22H18ClIN4O5/c1-2-32-19-11-15(12-26-27-22(29)17-7-4-8-25-21(17)23)10-18(24)20(19)33-13-14-5-3-6-16(9-14)28(30)31/h3-12H,2,13H2,1H3,(H,27,29). The Hall–Kier alpha value is -3.25. The van der Waals surface area contributed by atoms with Crippen LogP contribution in [0.5, 0.6) is 11.5 Å². The lowest BCUT2D eigenvalue weighted by molar-refractivity contribution is -0.384. The number of pyridine rings is 1. The molecule has 0 radical (unpaired) electrons. The van der Waals surface area contributed by atoms with Gasteiger partial charge in [0.1, 0.15) is 11.8 Å². The van der Waals surface area contributed by atoms with E-state index in [1.807, 2.05) is 6.92 Å². The molecular formula is C22H18ClIN4O5. The number of nitro benzene ring substituents is 1. The van der Waals surface area contributed by atoms with E-state index in [2.05, 4.69) is 38.1 Å². The van der Waals surface area contributed by atoms with Crippen LogP contribution < -0.4 is 14.9 Å². The number of hydrazone groups is 1. The van der Waals surface area contributed by atoms with Crippen molar-refractivity contribution in [1.29, 1.82) is 0 Å². The van der Waals surface area contributed by atoms with Gasteiger partial charge in [-0.3, -0.25) is 14.9 Å². The highest BCUT2D eigenvalue weighted by atomic mass is 127. The quantitative estimate of drug-likeness (QED) is 0.125. The zero-order valence-corrected chi connectivity index (χ0v) is 20.2. The van der Waals surface area contributed by atoms with Gasteiger partial charge in [-0.05, 0) is 64.9 Å². The molecule has 2 aromatic carbocycles. The molecule has 3 aromatic rings. The molecule has 0 aliphatic carbocycles. The van der Waals surface area contributed by atoms with E-state index in [1.54, 1.807) is 36.4 Å². The summed E-state index contributed by atoms with van der Waals surface area (Å²) in [5, 5.41) is 15.0. The van der Waals surface area contributed by atoms with E-state index in [4.69, 9.17) is 21.1 Å².